The molecule has 6 aromatic rings. The van der Waals surface area contributed by atoms with Crippen molar-refractivity contribution in [2.75, 3.05) is 32.8 Å². The van der Waals surface area contributed by atoms with E-state index in [1.54, 1.807) is 23.5 Å². The first-order chi connectivity index (χ1) is 29.3. The SMILES string of the molecule is Cc1ncsc1-c1ccc(CNC(=O)[C@@H]2C[C@@H](O)CN2C(=O)[C@@H](c2cc(OCCN3C[C@@H]4C(c5[nH]c6nnc(-c7cc(F)cc(F)c7O)cc6c5C)[C@@H]4C3)no2)C(C)C)cc1. The number of hydrogen-bond donors (Lipinski definition) is 4. The van der Waals surface area contributed by atoms with Crippen molar-refractivity contribution in [3.63, 3.8) is 0 Å². The van der Waals surface area contributed by atoms with Crippen LogP contribution < -0.4 is 10.1 Å². The third-order valence-electron chi connectivity index (χ3n) is 12.5. The third-order valence-corrected chi connectivity index (χ3v) is 13.4. The predicted octanol–water partition coefficient (Wildman–Crippen LogP) is 6.08. The molecule has 6 atom stereocenters. The number of piperidine rings is 1. The fraction of sp³-hybridized carbons (Fsp3) is 0.409. The van der Waals surface area contributed by atoms with E-state index in [1.165, 1.54) is 4.90 Å². The minimum Gasteiger partial charge on any atom is -0.504 e. The first-order valence-electron chi connectivity index (χ1n) is 20.5. The number of β-amino-alcohol motifs (C(OH)–C–C–N with tert-alkyl or cyclic N) is 1. The second kappa shape index (κ2) is 16.2. The number of nitrogens with zero attached hydrogens (tertiary/aromatic N) is 6. The van der Waals surface area contributed by atoms with Crippen LogP contribution in [0.15, 0.2) is 58.6 Å². The quantitative estimate of drug-likeness (QED) is 0.106. The zero-order chi connectivity index (χ0) is 42.7. The second-order valence-electron chi connectivity index (χ2n) is 16.8. The Labute approximate surface area is 353 Å². The molecule has 0 bridgehead atoms. The first-order valence-corrected chi connectivity index (χ1v) is 21.3. The largest absolute Gasteiger partial charge is 0.504 e. The number of ether oxygens (including phenoxy) is 1. The van der Waals surface area contributed by atoms with Crippen LogP contribution in [0.5, 0.6) is 11.6 Å². The van der Waals surface area contributed by atoms with Crippen molar-refractivity contribution in [2.45, 2.75) is 64.6 Å². The lowest BCUT2D eigenvalue weighted by Crippen LogP contribution is -2.48. The number of aryl methyl sites for hydroxylation is 2. The van der Waals surface area contributed by atoms with Crippen molar-refractivity contribution in [1.82, 2.24) is 40.4 Å². The van der Waals surface area contributed by atoms with E-state index < -0.39 is 35.4 Å². The van der Waals surface area contributed by atoms with Gasteiger partial charge in [0.25, 0.3) is 5.88 Å². The average molecular weight is 853 g/mol. The molecule has 0 radical (unpaired) electrons. The van der Waals surface area contributed by atoms with Gasteiger partial charge in [-0.05, 0) is 65.6 Å². The number of aliphatic hydroxyl groups excluding tert-OH is 1. The van der Waals surface area contributed by atoms with Gasteiger partial charge in [-0.1, -0.05) is 38.1 Å². The lowest BCUT2D eigenvalue weighted by molar-refractivity contribution is -0.141. The normalized spacial score (nSPS) is 21.6. The topological polar surface area (TPSA) is 183 Å². The van der Waals surface area contributed by atoms with E-state index in [1.807, 2.05) is 57.5 Å². The molecule has 2 aromatic carbocycles. The van der Waals surface area contributed by atoms with Crippen LogP contribution in [-0.4, -0.2) is 102 Å². The van der Waals surface area contributed by atoms with E-state index in [0.29, 0.717) is 48.4 Å². The highest BCUT2D eigenvalue weighted by Gasteiger charge is 2.57. The summed E-state index contributed by atoms with van der Waals surface area (Å²) >= 11 is 1.58. The molecule has 4 N–H and O–H groups in total. The van der Waals surface area contributed by atoms with Crippen LogP contribution in [0.3, 0.4) is 0 Å². The number of phenolic OH excluding ortho intramolecular Hbond substituents is 1. The van der Waals surface area contributed by atoms with Crippen molar-refractivity contribution in [2.24, 2.45) is 17.8 Å². The molecule has 14 nitrogen and oxygen atoms in total. The van der Waals surface area contributed by atoms with Crippen molar-refractivity contribution in [3.05, 3.63) is 94.0 Å². The summed E-state index contributed by atoms with van der Waals surface area (Å²) in [5.41, 5.74) is 7.54. The molecule has 61 heavy (non-hydrogen) atoms. The Kier molecular flexibility index (Phi) is 10.8. The Balaban J connectivity index is 0.773. The van der Waals surface area contributed by atoms with E-state index in [9.17, 15) is 28.6 Å². The highest BCUT2D eigenvalue weighted by atomic mass is 32.1. The molecule has 4 aromatic heterocycles. The summed E-state index contributed by atoms with van der Waals surface area (Å²) < 4.78 is 39.6. The Morgan fingerprint density at radius 2 is 1.84 bits per heavy atom. The number of nitrogens with one attached hydrogen (secondary N) is 2. The predicted molar refractivity (Wildman–Crippen MR) is 222 cm³/mol. The molecular formula is C44H46F2N8O6S. The molecule has 2 saturated heterocycles. The standard InChI is InChI=1S/C44H46F2N8O6S/c1-21(2)37(44(58)54-17-27(55)13-34(54)43(57)47-16-24-5-7-25(8-6-24)41-23(4)48-20-61-41)35-15-36(52-60-35)59-10-9-53-18-30-31(19-53)38(30)39-22(3)28-14-33(50-51-42(28)49-39)29-11-26(45)12-32(46)40(29)56/h5-8,11-12,14-15,20-21,27,30-31,34,37-38,55-56H,9-10,13,16-19H2,1-4H3,(H,47,57)(H,49,51)/t27-,30-,31+,34+,37-,38?/m1/s1. The maximum Gasteiger partial charge on any atom is 0.254 e. The molecule has 3 fully saturated rings. The number of likely N-dealkylation sites (tertiary alicyclic amines) is 2. The highest BCUT2D eigenvalue weighted by molar-refractivity contribution is 7.13. The number of amides is 2. The fourth-order valence-corrected chi connectivity index (χ4v) is 10.0. The zero-order valence-electron chi connectivity index (χ0n) is 34.1. The zero-order valence-corrected chi connectivity index (χ0v) is 34.9. The number of thiazole rings is 1. The highest BCUT2D eigenvalue weighted by Crippen LogP contribution is 2.59. The van der Waals surface area contributed by atoms with Crippen LogP contribution in [0.4, 0.5) is 8.78 Å². The lowest BCUT2D eigenvalue weighted by Gasteiger charge is -2.28. The second-order valence-corrected chi connectivity index (χ2v) is 17.6. The molecule has 1 saturated carbocycles. The molecule has 318 valence electrons. The van der Waals surface area contributed by atoms with Crippen molar-refractivity contribution >= 4 is 34.2 Å². The number of aromatic amines is 1. The Bertz CT molecular complexity index is 2600. The maximum absolute atomic E-state index is 14.1. The van der Waals surface area contributed by atoms with Gasteiger partial charge in [0.1, 0.15) is 24.4 Å². The van der Waals surface area contributed by atoms with E-state index >= 15 is 0 Å². The van der Waals surface area contributed by atoms with Gasteiger partial charge in [0, 0.05) is 73.8 Å². The number of carbonyl (C=O) groups excluding carboxylic acids is 2. The number of benzene rings is 2. The van der Waals surface area contributed by atoms with Crippen LogP contribution in [0, 0.1) is 43.2 Å². The molecule has 2 amide bonds. The summed E-state index contributed by atoms with van der Waals surface area (Å²) in [6.07, 6.45) is -0.693. The summed E-state index contributed by atoms with van der Waals surface area (Å²) in [7, 11) is 0. The minimum atomic E-state index is -1.06. The number of aliphatic hydroxyl groups is 1. The number of hydrogen-bond acceptors (Lipinski definition) is 12. The third kappa shape index (κ3) is 7.85. The molecule has 2 aliphatic heterocycles. The van der Waals surface area contributed by atoms with Crippen molar-refractivity contribution in [3.8, 4) is 33.3 Å². The monoisotopic (exact) mass is 852 g/mol. The summed E-state index contributed by atoms with van der Waals surface area (Å²) in [4.78, 5) is 40.2. The first kappa shape index (κ1) is 40.6. The minimum absolute atomic E-state index is 0.0400. The molecule has 0 spiro atoms. The van der Waals surface area contributed by atoms with Gasteiger partial charge in [-0.3, -0.25) is 14.5 Å². The summed E-state index contributed by atoms with van der Waals surface area (Å²) in [6, 6.07) is 12.1. The van der Waals surface area contributed by atoms with Gasteiger partial charge in [0.2, 0.25) is 11.8 Å². The molecule has 1 aliphatic carbocycles. The number of rotatable bonds is 13. The number of H-pyrrole nitrogens is 1. The van der Waals surface area contributed by atoms with Crippen LogP contribution in [0.2, 0.25) is 0 Å². The number of halogens is 2. The Morgan fingerprint density at radius 1 is 1.07 bits per heavy atom. The summed E-state index contributed by atoms with van der Waals surface area (Å²) in [5.74, 6) is -2.31. The van der Waals surface area contributed by atoms with E-state index in [0.717, 1.165) is 57.5 Å². The molecule has 9 rings (SSSR count). The van der Waals surface area contributed by atoms with Crippen LogP contribution in [0.25, 0.3) is 32.7 Å². The van der Waals surface area contributed by atoms with Gasteiger partial charge in [0.15, 0.2) is 23.0 Å². The van der Waals surface area contributed by atoms with Crippen LogP contribution in [0.1, 0.15) is 60.4 Å². The van der Waals surface area contributed by atoms with Crippen molar-refractivity contribution < 1.29 is 37.8 Å². The van der Waals surface area contributed by atoms with Gasteiger partial charge in [-0.15, -0.1) is 21.5 Å². The molecule has 3 aliphatic rings. The van der Waals surface area contributed by atoms with E-state index in [2.05, 4.69) is 35.5 Å². The van der Waals surface area contributed by atoms with Gasteiger partial charge in [0.05, 0.1) is 27.9 Å². The van der Waals surface area contributed by atoms with Crippen LogP contribution in [-0.2, 0) is 16.1 Å². The summed E-state index contributed by atoms with van der Waals surface area (Å²) in [6.45, 7) is 10.9. The molecule has 1 unspecified atom stereocenters. The molecule has 6 heterocycles. The number of aromatic hydroxyl groups is 1. The maximum atomic E-state index is 14.1. The molecular weight excluding hydrogens is 807 g/mol. The van der Waals surface area contributed by atoms with E-state index in [-0.39, 0.29) is 54.4 Å². The number of fused-ring (bicyclic) bond motifs is 2. The lowest BCUT2D eigenvalue weighted by atomic mass is 9.91. The van der Waals surface area contributed by atoms with Gasteiger partial charge in [-0.2, -0.15) is 0 Å². The number of phenols is 1. The Morgan fingerprint density at radius 3 is 2.56 bits per heavy atom. The average Bonchev–Trinajstić information content (AvgIpc) is 3.90. The van der Waals surface area contributed by atoms with Crippen LogP contribution >= 0.6 is 11.3 Å². The summed E-state index contributed by atoms with van der Waals surface area (Å²) in [5, 5.41) is 37.1. The fourth-order valence-electron chi connectivity index (χ4n) is 9.23. The number of carbonyl (C=O) groups is 2. The van der Waals surface area contributed by atoms with Gasteiger partial charge >= 0.3 is 0 Å². The van der Waals surface area contributed by atoms with Crippen molar-refractivity contribution in [1.29, 1.82) is 0 Å². The van der Waals surface area contributed by atoms with Gasteiger partial charge < -0.3 is 34.7 Å². The molecule has 17 heteroatoms. The smallest absolute Gasteiger partial charge is 0.254 e. The van der Waals surface area contributed by atoms with Gasteiger partial charge in [-0.25, -0.2) is 13.8 Å². The Hall–Kier alpha value is -5.78. The van der Waals surface area contributed by atoms with E-state index in [4.69, 9.17) is 9.26 Å². The number of aromatic nitrogens is 5.